The molecule has 2 aliphatic rings. The quantitative estimate of drug-likeness (QED) is 0.414. The van der Waals surface area contributed by atoms with Gasteiger partial charge >= 0.3 is 24.8 Å². The van der Waals surface area contributed by atoms with Gasteiger partial charge in [0.05, 0.1) is 22.2 Å². The van der Waals surface area contributed by atoms with Gasteiger partial charge in [-0.2, -0.15) is 0 Å². The molecule has 4 rings (SSSR count). The fourth-order valence-electron chi connectivity index (χ4n) is 3.70. The van der Waals surface area contributed by atoms with Crippen LogP contribution in [0.2, 0.25) is 0 Å². The zero-order valence-electron chi connectivity index (χ0n) is 19.8. The number of hydrogen-bond donors (Lipinski definition) is 1. The Balaban J connectivity index is 0.000000583. The van der Waals surface area contributed by atoms with Crippen molar-refractivity contribution in [3.63, 3.8) is 0 Å². The molecule has 0 amide bonds. The van der Waals surface area contributed by atoms with E-state index in [2.05, 4.69) is 5.32 Å². The van der Waals surface area contributed by atoms with Gasteiger partial charge in [0, 0.05) is 23.6 Å². The molecule has 176 valence electrons. The van der Waals surface area contributed by atoms with Gasteiger partial charge in [-0.05, 0) is 38.7 Å². The first-order chi connectivity index (χ1) is 14.7. The second kappa shape index (κ2) is 9.61. The maximum Gasteiger partial charge on any atom is 1.00 e. The number of fused-ring (bicyclic) bond motifs is 3. The Morgan fingerprint density at radius 1 is 1.27 bits per heavy atom. The van der Waals surface area contributed by atoms with Gasteiger partial charge in [-0.25, -0.2) is 8.78 Å². The van der Waals surface area contributed by atoms with Gasteiger partial charge in [0.25, 0.3) is 11.2 Å². The van der Waals surface area contributed by atoms with E-state index in [1.165, 1.54) is 22.8 Å². The van der Waals surface area contributed by atoms with Crippen LogP contribution in [0.3, 0.4) is 0 Å². The van der Waals surface area contributed by atoms with Crippen LogP contribution in [0.4, 0.5) is 20.2 Å². The number of aromatic nitrogens is 1. The monoisotopic (exact) mass is 459 g/mol. The number of anilines is 1. The molecule has 0 radical (unpaired) electrons. The van der Waals surface area contributed by atoms with Gasteiger partial charge in [-0.15, -0.1) is 5.60 Å². The fourth-order valence-corrected chi connectivity index (χ4v) is 3.70. The van der Waals surface area contributed by atoms with E-state index in [1.807, 2.05) is 0 Å². The molecular formula is C22H28F2LiN3O5. The van der Waals surface area contributed by atoms with E-state index in [0.29, 0.717) is 23.7 Å². The molecule has 0 spiro atoms. The summed E-state index contributed by atoms with van der Waals surface area (Å²) in [6.45, 7) is 7.55. The number of nitro benzene ring substituents is 1. The number of nitrogens with one attached hydrogen (secondary N) is 1. The second-order valence-electron chi connectivity index (χ2n) is 9.55. The van der Waals surface area contributed by atoms with Crippen molar-refractivity contribution in [2.75, 3.05) is 11.9 Å². The maximum absolute atomic E-state index is 14.6. The molecule has 1 atom stereocenters. The molecule has 1 aromatic heterocycles. The average molecular weight is 459 g/mol. The van der Waals surface area contributed by atoms with E-state index in [4.69, 9.17) is 4.74 Å². The average Bonchev–Trinajstić information content (AvgIpc) is 3.47. The van der Waals surface area contributed by atoms with E-state index in [1.54, 1.807) is 34.6 Å². The largest absolute Gasteiger partial charge is 1.00 e. The Hall–Kier alpha value is -2.15. The van der Waals surface area contributed by atoms with Crippen LogP contribution in [0.5, 0.6) is 5.75 Å². The maximum atomic E-state index is 14.6. The molecule has 1 aliphatic carbocycles. The Labute approximate surface area is 202 Å². The third-order valence-corrected chi connectivity index (χ3v) is 5.13. The molecule has 2 heterocycles. The summed E-state index contributed by atoms with van der Waals surface area (Å²) < 4.78 is 35.9. The van der Waals surface area contributed by atoms with Crippen LogP contribution in [-0.4, -0.2) is 33.7 Å². The number of hydrogen-bond acceptors (Lipinski definition) is 6. The zero-order valence-corrected chi connectivity index (χ0v) is 19.8. The molecule has 1 aliphatic heterocycles. The fraction of sp³-hybridized carbons (Fsp3) is 0.591. The number of benzene rings is 1. The van der Waals surface area contributed by atoms with Crippen LogP contribution in [0.15, 0.2) is 23.0 Å². The van der Waals surface area contributed by atoms with Gasteiger partial charge in [-0.3, -0.25) is 14.9 Å². The molecule has 11 heteroatoms. The molecule has 1 fully saturated rings. The predicted molar refractivity (Wildman–Crippen MR) is 116 cm³/mol. The molecular weight excluding hydrogens is 431 g/mol. The van der Waals surface area contributed by atoms with E-state index in [-0.39, 0.29) is 47.9 Å². The third kappa shape index (κ3) is 6.05. The Morgan fingerprint density at radius 3 is 2.33 bits per heavy atom. The topological polar surface area (TPSA) is 109 Å². The Kier molecular flexibility index (Phi) is 7.89. The van der Waals surface area contributed by atoms with Crippen molar-refractivity contribution < 1.29 is 42.4 Å². The number of pyridine rings is 1. The summed E-state index contributed by atoms with van der Waals surface area (Å²) in [5.74, 6) is -3.57. The van der Waals surface area contributed by atoms with E-state index >= 15 is 0 Å². The van der Waals surface area contributed by atoms with Crippen LogP contribution < -0.4 is 39.6 Å². The number of nitro groups is 1. The van der Waals surface area contributed by atoms with Gasteiger partial charge in [0.15, 0.2) is 6.61 Å². The number of rotatable bonds is 3. The van der Waals surface area contributed by atoms with Gasteiger partial charge in [-0.1, -0.05) is 20.8 Å². The first-order valence-electron chi connectivity index (χ1n) is 10.5. The van der Waals surface area contributed by atoms with Gasteiger partial charge in [0.2, 0.25) is 5.75 Å². The van der Waals surface area contributed by atoms with Crippen molar-refractivity contribution in [1.29, 1.82) is 0 Å². The smallest absolute Gasteiger partial charge is 0.850 e. The molecule has 1 saturated carbocycles. The third-order valence-electron chi connectivity index (χ3n) is 5.13. The van der Waals surface area contributed by atoms with Crippen LogP contribution in [0.25, 0.3) is 10.9 Å². The first-order valence-corrected chi connectivity index (χ1v) is 10.5. The van der Waals surface area contributed by atoms with Crippen LogP contribution in [0, 0.1) is 16.0 Å². The van der Waals surface area contributed by atoms with Gasteiger partial charge < -0.3 is 19.7 Å². The number of non-ortho nitro benzene ring substituents is 1. The predicted octanol–water partition coefficient (Wildman–Crippen LogP) is 0.858. The molecule has 2 aromatic rings. The normalized spacial score (nSPS) is 19.2. The number of alkyl halides is 2. The Morgan fingerprint density at radius 2 is 1.85 bits per heavy atom. The SMILES string of the molecule is CC(C)(C)[O-].CC(C)n1c(=O)c2c(c3cc([N+](=O)[O-])ccc31)N[C@@H](C1CC1)C(F)(F)CO2.[Li+]. The number of halogens is 2. The standard InChI is InChI=1S/C18H19F2N3O4.C4H9O.Li/c1-9(2)22-13-6-5-11(23(25)26)7-12(13)14-15(17(22)24)27-8-18(19,20)16(21-14)10-3-4-10;1-4(2,3)5;/h5-7,9-10,16,21H,3-4,8H2,1-2H3;1-3H3;/q;-1;+1/t16-;;/m0../s1. The first kappa shape index (κ1) is 27.1. The van der Waals surface area contributed by atoms with E-state index < -0.39 is 34.7 Å². The summed E-state index contributed by atoms with van der Waals surface area (Å²) in [4.78, 5) is 23.6. The van der Waals surface area contributed by atoms with Crippen LogP contribution in [0.1, 0.15) is 53.5 Å². The molecule has 8 nitrogen and oxygen atoms in total. The molecule has 33 heavy (non-hydrogen) atoms. The van der Waals surface area contributed by atoms with E-state index in [9.17, 15) is 28.8 Å². The summed E-state index contributed by atoms with van der Waals surface area (Å²) in [7, 11) is 0. The van der Waals surface area contributed by atoms with Crippen molar-refractivity contribution in [3.8, 4) is 5.75 Å². The molecule has 1 N–H and O–H groups in total. The zero-order chi connectivity index (χ0) is 24.0. The molecule has 1 aromatic carbocycles. The van der Waals surface area contributed by atoms with Crippen molar-refractivity contribution >= 4 is 22.3 Å². The molecule has 0 bridgehead atoms. The van der Waals surface area contributed by atoms with E-state index in [0.717, 1.165) is 0 Å². The summed E-state index contributed by atoms with van der Waals surface area (Å²) in [5, 5.41) is 24.5. The van der Waals surface area contributed by atoms with Crippen molar-refractivity contribution in [3.05, 3.63) is 38.7 Å². The summed E-state index contributed by atoms with van der Waals surface area (Å²) >= 11 is 0. The number of nitrogens with zero attached hydrogens (tertiary/aromatic N) is 2. The molecule has 0 saturated heterocycles. The van der Waals surface area contributed by atoms with Crippen LogP contribution >= 0.6 is 0 Å². The summed E-state index contributed by atoms with van der Waals surface area (Å²) in [5.41, 5.74) is -0.902. The second-order valence-corrected chi connectivity index (χ2v) is 9.55. The van der Waals surface area contributed by atoms with Crippen LogP contribution in [-0.2, 0) is 0 Å². The minimum Gasteiger partial charge on any atom is -0.850 e. The number of ether oxygens (including phenoxy) is 1. The minimum atomic E-state index is -3.15. The minimum absolute atomic E-state index is 0. The molecule has 0 unspecified atom stereocenters. The Bertz CT molecular complexity index is 1090. The van der Waals surface area contributed by atoms with Crippen molar-refractivity contribution in [2.24, 2.45) is 5.92 Å². The van der Waals surface area contributed by atoms with Crippen molar-refractivity contribution in [1.82, 2.24) is 4.57 Å². The summed E-state index contributed by atoms with van der Waals surface area (Å²) in [6.07, 6.45) is 1.34. The van der Waals surface area contributed by atoms with Gasteiger partial charge in [0.1, 0.15) is 0 Å². The summed E-state index contributed by atoms with van der Waals surface area (Å²) in [6, 6.07) is 2.63. The van der Waals surface area contributed by atoms with Crippen molar-refractivity contribution in [2.45, 2.75) is 71.1 Å².